The Morgan fingerprint density at radius 2 is 2.33 bits per heavy atom. The van der Waals surface area contributed by atoms with Gasteiger partial charge in [-0.1, -0.05) is 12.1 Å². The molecule has 62 valence electrons. The maximum atomic E-state index is 10.9. The predicted octanol–water partition coefficient (Wildman–Crippen LogP) is 2.00. The van der Waals surface area contributed by atoms with Crippen LogP contribution < -0.4 is 4.74 Å². The highest BCUT2D eigenvalue weighted by Gasteiger charge is 2.18. The Morgan fingerprint density at radius 3 is 3.08 bits per heavy atom. The summed E-state index contributed by atoms with van der Waals surface area (Å²) in [6, 6.07) is 5.45. The number of rotatable bonds is 1. The van der Waals surface area contributed by atoms with E-state index in [1.54, 1.807) is 6.07 Å². The summed E-state index contributed by atoms with van der Waals surface area (Å²) in [5.74, 6) is 0.664. The molecule has 0 unspecified atom stereocenters. The van der Waals surface area contributed by atoms with Gasteiger partial charge in [-0.05, 0) is 23.2 Å². The zero-order chi connectivity index (χ0) is 8.55. The summed E-state index contributed by atoms with van der Waals surface area (Å²) in [5.41, 5.74) is 1.55. The molecular weight excluding hydrogens is 176 g/mol. The van der Waals surface area contributed by atoms with Gasteiger partial charge in [0.1, 0.15) is 5.75 Å². The molecule has 0 amide bonds. The average molecular weight is 183 g/mol. The van der Waals surface area contributed by atoms with Crippen molar-refractivity contribution in [1.29, 1.82) is 0 Å². The molecule has 3 heteroatoms. The molecule has 0 radical (unpaired) electrons. The van der Waals surface area contributed by atoms with Crippen LogP contribution in [0.3, 0.4) is 0 Å². The molecule has 2 rings (SSSR count). The minimum Gasteiger partial charge on any atom is -0.492 e. The van der Waals surface area contributed by atoms with E-state index in [9.17, 15) is 4.79 Å². The van der Waals surface area contributed by atoms with E-state index in [1.165, 1.54) is 0 Å². The Hall–Kier alpha value is -1.02. The monoisotopic (exact) mass is 182 g/mol. The number of hydrogen-bond donors (Lipinski definition) is 0. The quantitative estimate of drug-likeness (QED) is 0.621. The van der Waals surface area contributed by atoms with Gasteiger partial charge in [0.2, 0.25) is 0 Å². The lowest BCUT2D eigenvalue weighted by Gasteiger charge is -2.01. The van der Waals surface area contributed by atoms with Crippen LogP contribution in [0.25, 0.3) is 0 Å². The van der Waals surface area contributed by atoms with Crippen molar-refractivity contribution in [3.8, 4) is 5.75 Å². The molecule has 2 nitrogen and oxygen atoms in total. The van der Waals surface area contributed by atoms with E-state index >= 15 is 0 Å². The molecule has 1 aromatic carbocycles. The van der Waals surface area contributed by atoms with Gasteiger partial charge in [0.25, 0.3) is 5.24 Å². The Morgan fingerprint density at radius 1 is 1.50 bits per heavy atom. The van der Waals surface area contributed by atoms with Crippen LogP contribution in [-0.2, 0) is 6.42 Å². The van der Waals surface area contributed by atoms with Gasteiger partial charge in [0.15, 0.2) is 0 Å². The van der Waals surface area contributed by atoms with Gasteiger partial charge in [-0.15, -0.1) is 0 Å². The summed E-state index contributed by atoms with van der Waals surface area (Å²) in [4.78, 5) is 10.9. The van der Waals surface area contributed by atoms with Gasteiger partial charge in [-0.25, -0.2) is 0 Å². The van der Waals surface area contributed by atoms with Gasteiger partial charge < -0.3 is 4.74 Å². The van der Waals surface area contributed by atoms with Crippen LogP contribution in [0.2, 0.25) is 0 Å². The summed E-state index contributed by atoms with van der Waals surface area (Å²) in [7, 11) is 0. The maximum absolute atomic E-state index is 10.9. The Bertz CT molecular complexity index is 333. The topological polar surface area (TPSA) is 26.3 Å². The van der Waals surface area contributed by atoms with Crippen LogP contribution >= 0.6 is 11.6 Å². The molecule has 0 N–H and O–H groups in total. The molecule has 0 saturated carbocycles. The van der Waals surface area contributed by atoms with Crippen molar-refractivity contribution in [2.24, 2.45) is 0 Å². The van der Waals surface area contributed by atoms with E-state index in [0.717, 1.165) is 12.0 Å². The average Bonchev–Trinajstić information content (AvgIpc) is 2.49. The van der Waals surface area contributed by atoms with E-state index in [2.05, 4.69) is 0 Å². The number of carbonyl (C=O) groups excluding carboxylic acids is 1. The molecule has 12 heavy (non-hydrogen) atoms. The van der Waals surface area contributed by atoms with E-state index in [1.807, 2.05) is 12.1 Å². The number of halogens is 1. The molecule has 0 atom stereocenters. The first kappa shape index (κ1) is 7.62. The molecule has 0 saturated heterocycles. The van der Waals surface area contributed by atoms with Crippen LogP contribution in [0, 0.1) is 0 Å². The number of para-hydroxylation sites is 1. The highest BCUT2D eigenvalue weighted by Crippen LogP contribution is 2.30. The minimum atomic E-state index is -0.450. The van der Waals surface area contributed by atoms with Crippen LogP contribution in [0.5, 0.6) is 5.75 Å². The van der Waals surface area contributed by atoms with Crippen molar-refractivity contribution < 1.29 is 9.53 Å². The summed E-state index contributed by atoms with van der Waals surface area (Å²) in [6.07, 6.45) is 0.868. The molecule has 0 fully saturated rings. The Labute approximate surface area is 75.1 Å². The fourth-order valence-electron chi connectivity index (χ4n) is 1.37. The Balaban J connectivity index is 2.56. The third kappa shape index (κ3) is 1.08. The lowest BCUT2D eigenvalue weighted by Crippen LogP contribution is -1.94. The third-order valence-electron chi connectivity index (χ3n) is 1.93. The minimum absolute atomic E-state index is 0.450. The van der Waals surface area contributed by atoms with Gasteiger partial charge >= 0.3 is 0 Å². The molecule has 1 aliphatic heterocycles. The van der Waals surface area contributed by atoms with Gasteiger partial charge in [-0.2, -0.15) is 0 Å². The largest absolute Gasteiger partial charge is 0.492 e. The zero-order valence-electron chi connectivity index (χ0n) is 6.34. The number of hydrogen-bond acceptors (Lipinski definition) is 2. The lowest BCUT2D eigenvalue weighted by molar-refractivity contribution is 0.107. The second kappa shape index (κ2) is 2.79. The summed E-state index contributed by atoms with van der Waals surface area (Å²) >= 11 is 5.37. The van der Waals surface area contributed by atoms with Crippen molar-refractivity contribution in [2.75, 3.05) is 6.61 Å². The first-order valence-corrected chi connectivity index (χ1v) is 4.11. The molecule has 0 aliphatic carbocycles. The van der Waals surface area contributed by atoms with Crippen LogP contribution in [0.4, 0.5) is 0 Å². The van der Waals surface area contributed by atoms with E-state index in [0.29, 0.717) is 17.9 Å². The summed E-state index contributed by atoms with van der Waals surface area (Å²) in [5, 5.41) is -0.450. The third-order valence-corrected chi connectivity index (χ3v) is 2.13. The number of ether oxygens (including phenoxy) is 1. The second-order valence-electron chi connectivity index (χ2n) is 2.67. The van der Waals surface area contributed by atoms with Gasteiger partial charge in [0.05, 0.1) is 12.2 Å². The number of carbonyl (C=O) groups is 1. The standard InChI is InChI=1S/C9H7ClO2/c10-9(11)7-3-1-2-6-4-5-12-8(6)7/h1-3H,4-5H2. The first-order valence-electron chi connectivity index (χ1n) is 3.73. The van der Waals surface area contributed by atoms with Crippen molar-refractivity contribution >= 4 is 16.8 Å². The fraction of sp³-hybridized carbons (Fsp3) is 0.222. The highest BCUT2D eigenvalue weighted by molar-refractivity contribution is 6.68. The Kier molecular flexibility index (Phi) is 1.77. The fourth-order valence-corrected chi connectivity index (χ4v) is 1.52. The maximum Gasteiger partial charge on any atom is 0.256 e. The van der Waals surface area contributed by atoms with Crippen LogP contribution in [0.15, 0.2) is 18.2 Å². The molecule has 0 bridgehead atoms. The van der Waals surface area contributed by atoms with E-state index in [4.69, 9.17) is 16.3 Å². The molecular formula is C9H7ClO2. The van der Waals surface area contributed by atoms with Crippen molar-refractivity contribution in [3.63, 3.8) is 0 Å². The predicted molar refractivity (Wildman–Crippen MR) is 45.8 cm³/mol. The van der Waals surface area contributed by atoms with Gasteiger partial charge in [0, 0.05) is 6.42 Å². The smallest absolute Gasteiger partial charge is 0.256 e. The lowest BCUT2D eigenvalue weighted by atomic mass is 10.1. The van der Waals surface area contributed by atoms with Crippen LogP contribution in [-0.4, -0.2) is 11.8 Å². The molecule has 1 aliphatic rings. The molecule has 1 aromatic rings. The first-order chi connectivity index (χ1) is 5.79. The normalized spacial score (nSPS) is 13.8. The van der Waals surface area contributed by atoms with Crippen molar-refractivity contribution in [1.82, 2.24) is 0 Å². The van der Waals surface area contributed by atoms with Crippen molar-refractivity contribution in [2.45, 2.75) is 6.42 Å². The summed E-state index contributed by atoms with van der Waals surface area (Å²) < 4.78 is 5.29. The zero-order valence-corrected chi connectivity index (χ0v) is 7.10. The number of benzene rings is 1. The van der Waals surface area contributed by atoms with Gasteiger partial charge in [-0.3, -0.25) is 4.79 Å². The van der Waals surface area contributed by atoms with E-state index in [-0.39, 0.29) is 0 Å². The summed E-state index contributed by atoms with van der Waals surface area (Å²) in [6.45, 7) is 0.649. The van der Waals surface area contributed by atoms with Crippen LogP contribution in [0.1, 0.15) is 15.9 Å². The molecule has 0 aromatic heterocycles. The molecule has 1 heterocycles. The highest BCUT2D eigenvalue weighted by atomic mass is 35.5. The molecule has 0 spiro atoms. The van der Waals surface area contributed by atoms with Crippen molar-refractivity contribution in [3.05, 3.63) is 29.3 Å². The van der Waals surface area contributed by atoms with E-state index < -0.39 is 5.24 Å². The SMILES string of the molecule is O=C(Cl)c1cccc2c1OCC2. The number of fused-ring (bicyclic) bond motifs is 1. The second-order valence-corrected chi connectivity index (χ2v) is 3.01.